The van der Waals surface area contributed by atoms with Crippen molar-refractivity contribution in [2.75, 3.05) is 0 Å². The molecule has 6 N–H and O–H groups in total. The van der Waals surface area contributed by atoms with Crippen LogP contribution in [0.15, 0.2) is 36.4 Å². The maximum absolute atomic E-state index is 9.47. The Hall–Kier alpha value is -2.16. The first kappa shape index (κ1) is 22.5. The first-order valence-electron chi connectivity index (χ1n) is 9.57. The van der Waals surface area contributed by atoms with E-state index in [-0.39, 0.29) is 7.34 Å². The summed E-state index contributed by atoms with van der Waals surface area (Å²) in [6, 6.07) is 10.4. The molecule has 0 aliphatic heterocycles. The molecule has 4 rings (SSSR count). The van der Waals surface area contributed by atoms with Crippen molar-refractivity contribution >= 4 is 45.3 Å². The molecule has 0 fully saturated rings. The molecule has 30 heavy (non-hydrogen) atoms. The third kappa shape index (κ3) is 5.11. The highest BCUT2D eigenvalue weighted by molar-refractivity contribution is 6.31. The van der Waals surface area contributed by atoms with E-state index < -0.39 is 18.2 Å². The monoisotopic (exact) mass is 451 g/mol. The standard InChI is InChI=1S/C11H13ClN2O.C10H12ClN3O.H2/c1-6(7(2)15)11-13-9-4-3-8(12)5-10(9)14-11;1-5(15)9(12)10-13-7-3-2-6(11)4-8(7)14-10;/h3-7,15H,1-2H3,(H,13,14);2-5,9,15H,12H2,1H3,(H,13,14);1H/t6-,7+;5-,9+;/m01./s1. The SMILES string of the molecule is C[C@@H](O)[C@H](N)c1nc2ccc(Cl)cc2[nH]1.C[C@H](c1nc2ccc(Cl)cc2[nH]1)[C@@H](C)O.[HH]. The minimum absolute atomic E-state index is 0. The second-order valence-electron chi connectivity index (χ2n) is 7.36. The Morgan fingerprint density at radius 2 is 1.30 bits per heavy atom. The summed E-state index contributed by atoms with van der Waals surface area (Å²) in [6.07, 6.45) is -1.05. The number of halogens is 2. The van der Waals surface area contributed by atoms with E-state index in [9.17, 15) is 10.2 Å². The van der Waals surface area contributed by atoms with E-state index in [1.165, 1.54) is 0 Å². The number of fused-ring (bicyclic) bond motifs is 2. The number of hydrogen-bond donors (Lipinski definition) is 5. The van der Waals surface area contributed by atoms with E-state index in [0.29, 0.717) is 15.9 Å². The van der Waals surface area contributed by atoms with Gasteiger partial charge in [-0.3, -0.25) is 0 Å². The molecule has 2 aromatic heterocycles. The summed E-state index contributed by atoms with van der Waals surface area (Å²) < 4.78 is 0. The number of hydrogen-bond acceptors (Lipinski definition) is 5. The van der Waals surface area contributed by atoms with Crippen LogP contribution in [0.3, 0.4) is 0 Å². The predicted molar refractivity (Wildman–Crippen MR) is 123 cm³/mol. The normalized spacial score (nSPS) is 15.5. The van der Waals surface area contributed by atoms with Crippen LogP contribution in [0.25, 0.3) is 22.1 Å². The van der Waals surface area contributed by atoms with Crippen molar-refractivity contribution in [3.63, 3.8) is 0 Å². The van der Waals surface area contributed by atoms with Crippen LogP contribution in [0.5, 0.6) is 0 Å². The lowest BCUT2D eigenvalue weighted by Gasteiger charge is -2.10. The zero-order chi connectivity index (χ0) is 22.0. The molecule has 2 aromatic carbocycles. The minimum Gasteiger partial charge on any atom is -0.393 e. The van der Waals surface area contributed by atoms with E-state index in [0.717, 1.165) is 27.9 Å². The molecule has 7 nitrogen and oxygen atoms in total. The summed E-state index contributed by atoms with van der Waals surface area (Å²) in [5.74, 6) is 1.36. The second-order valence-corrected chi connectivity index (χ2v) is 8.24. The van der Waals surface area contributed by atoms with Crippen LogP contribution in [0.2, 0.25) is 10.0 Å². The average molecular weight is 452 g/mol. The third-order valence-corrected chi connectivity index (χ3v) is 5.39. The molecule has 4 aromatic rings. The first-order valence-corrected chi connectivity index (χ1v) is 10.3. The van der Waals surface area contributed by atoms with Gasteiger partial charge in [-0.25, -0.2) is 9.97 Å². The molecule has 2 heterocycles. The van der Waals surface area contributed by atoms with E-state index >= 15 is 0 Å². The van der Waals surface area contributed by atoms with Gasteiger partial charge in [-0.05, 0) is 50.2 Å². The Labute approximate surface area is 185 Å². The lowest BCUT2D eigenvalue weighted by atomic mass is 10.1. The van der Waals surface area contributed by atoms with Gasteiger partial charge in [0.2, 0.25) is 0 Å². The van der Waals surface area contributed by atoms with Crippen LogP contribution in [0, 0.1) is 0 Å². The lowest BCUT2D eigenvalue weighted by Crippen LogP contribution is -2.24. The molecule has 0 saturated heterocycles. The van der Waals surface area contributed by atoms with Crippen LogP contribution in [0.4, 0.5) is 0 Å². The molecule has 0 bridgehead atoms. The highest BCUT2D eigenvalue weighted by Gasteiger charge is 2.16. The number of rotatable bonds is 4. The minimum atomic E-state index is -0.638. The largest absolute Gasteiger partial charge is 0.393 e. The van der Waals surface area contributed by atoms with Gasteiger partial charge in [0.1, 0.15) is 11.6 Å². The Balaban J connectivity index is 0.000000213. The fourth-order valence-electron chi connectivity index (χ4n) is 2.83. The zero-order valence-electron chi connectivity index (χ0n) is 16.9. The smallest absolute Gasteiger partial charge is 0.126 e. The summed E-state index contributed by atoms with van der Waals surface area (Å²) in [7, 11) is 0. The summed E-state index contributed by atoms with van der Waals surface area (Å²) >= 11 is 11.7. The van der Waals surface area contributed by atoms with Gasteiger partial charge in [0.05, 0.1) is 40.3 Å². The Morgan fingerprint density at radius 3 is 1.77 bits per heavy atom. The van der Waals surface area contributed by atoms with Crippen molar-refractivity contribution in [1.82, 2.24) is 19.9 Å². The predicted octanol–water partition coefficient (Wildman–Crippen LogP) is 4.54. The quantitative estimate of drug-likeness (QED) is 0.311. The third-order valence-electron chi connectivity index (χ3n) is 4.91. The Morgan fingerprint density at radius 1 is 0.833 bits per heavy atom. The van der Waals surface area contributed by atoms with Crippen molar-refractivity contribution < 1.29 is 11.6 Å². The van der Waals surface area contributed by atoms with Crippen molar-refractivity contribution in [1.29, 1.82) is 0 Å². The van der Waals surface area contributed by atoms with Crippen LogP contribution >= 0.6 is 23.2 Å². The Bertz CT molecular complexity index is 1060. The molecule has 0 amide bonds. The van der Waals surface area contributed by atoms with Gasteiger partial charge in [0.15, 0.2) is 0 Å². The zero-order valence-corrected chi connectivity index (χ0v) is 18.4. The summed E-state index contributed by atoms with van der Waals surface area (Å²) in [6.45, 7) is 5.32. The number of aromatic amines is 2. The lowest BCUT2D eigenvalue weighted by molar-refractivity contribution is 0.161. The summed E-state index contributed by atoms with van der Waals surface area (Å²) in [5.41, 5.74) is 9.17. The number of aromatic nitrogens is 4. The van der Waals surface area contributed by atoms with Crippen LogP contribution in [-0.2, 0) is 0 Å². The van der Waals surface area contributed by atoms with Gasteiger partial charge in [0, 0.05) is 17.4 Å². The summed E-state index contributed by atoms with van der Waals surface area (Å²) in [5, 5.41) is 20.1. The molecule has 0 aliphatic carbocycles. The van der Waals surface area contributed by atoms with Gasteiger partial charge in [0.25, 0.3) is 0 Å². The number of nitrogens with one attached hydrogen (secondary N) is 2. The van der Waals surface area contributed by atoms with Crippen LogP contribution < -0.4 is 5.73 Å². The van der Waals surface area contributed by atoms with Crippen molar-refractivity contribution in [3.8, 4) is 0 Å². The van der Waals surface area contributed by atoms with Crippen molar-refractivity contribution in [2.24, 2.45) is 5.73 Å². The molecule has 9 heteroatoms. The number of aliphatic hydroxyl groups is 2. The summed E-state index contributed by atoms with van der Waals surface area (Å²) in [4.78, 5) is 14.9. The maximum atomic E-state index is 9.47. The van der Waals surface area contributed by atoms with Crippen LogP contribution in [-0.4, -0.2) is 42.4 Å². The van der Waals surface area contributed by atoms with Gasteiger partial charge in [-0.2, -0.15) is 0 Å². The fourth-order valence-corrected chi connectivity index (χ4v) is 3.18. The first-order chi connectivity index (χ1) is 14.2. The number of aliphatic hydroxyl groups excluding tert-OH is 2. The number of benzene rings is 2. The van der Waals surface area contributed by atoms with Gasteiger partial charge >= 0.3 is 0 Å². The van der Waals surface area contributed by atoms with Crippen LogP contribution in [0.1, 0.15) is 45.8 Å². The maximum Gasteiger partial charge on any atom is 0.126 e. The van der Waals surface area contributed by atoms with E-state index in [1.807, 2.05) is 31.2 Å². The number of nitrogens with two attached hydrogens (primary N) is 1. The van der Waals surface area contributed by atoms with Gasteiger partial charge in [-0.15, -0.1) is 0 Å². The Kier molecular flexibility index (Phi) is 7.00. The molecule has 4 atom stereocenters. The molecule has 0 unspecified atom stereocenters. The number of H-pyrrole nitrogens is 2. The van der Waals surface area contributed by atoms with E-state index in [2.05, 4.69) is 19.9 Å². The molecule has 0 aliphatic rings. The van der Waals surface area contributed by atoms with Gasteiger partial charge < -0.3 is 25.9 Å². The highest BCUT2D eigenvalue weighted by atomic mass is 35.5. The molecular weight excluding hydrogens is 425 g/mol. The van der Waals surface area contributed by atoms with Crippen molar-refractivity contribution in [3.05, 3.63) is 58.1 Å². The van der Waals surface area contributed by atoms with Gasteiger partial charge in [-0.1, -0.05) is 30.1 Å². The van der Waals surface area contributed by atoms with Crippen molar-refractivity contribution in [2.45, 2.75) is 44.9 Å². The molecule has 0 radical (unpaired) electrons. The second kappa shape index (κ2) is 9.32. The topological polar surface area (TPSA) is 124 Å². The molecular formula is C21H27Cl2N5O2. The van der Waals surface area contributed by atoms with E-state index in [1.54, 1.807) is 26.0 Å². The average Bonchev–Trinajstić information content (AvgIpc) is 3.30. The number of imidazole rings is 2. The molecule has 0 saturated carbocycles. The fraction of sp³-hybridized carbons (Fsp3) is 0.333. The van der Waals surface area contributed by atoms with E-state index in [4.69, 9.17) is 28.9 Å². The highest BCUT2D eigenvalue weighted by Crippen LogP contribution is 2.22. The molecule has 162 valence electrons. The number of nitrogens with zero attached hydrogens (tertiary/aromatic N) is 2. The molecule has 0 spiro atoms.